The number of nitrogens with zero attached hydrogens (tertiary/aromatic N) is 1. The highest BCUT2D eigenvalue weighted by Gasteiger charge is 2.33. The van der Waals surface area contributed by atoms with Crippen LogP contribution in [0.1, 0.15) is 28.3 Å². The molecular formula is C25H22N4O3S. The lowest BCUT2D eigenvalue weighted by Crippen LogP contribution is -2.45. The van der Waals surface area contributed by atoms with Crippen LogP contribution in [0.15, 0.2) is 78.4 Å². The summed E-state index contributed by atoms with van der Waals surface area (Å²) >= 11 is 5.43. The van der Waals surface area contributed by atoms with Crippen molar-refractivity contribution in [3.63, 3.8) is 0 Å². The van der Waals surface area contributed by atoms with Crippen molar-refractivity contribution in [2.45, 2.75) is 19.9 Å². The third kappa shape index (κ3) is 4.75. The van der Waals surface area contributed by atoms with Crippen LogP contribution in [-0.4, -0.2) is 15.9 Å². The topological polar surface area (TPSA) is 96.3 Å². The molecule has 3 N–H and O–H groups in total. The fourth-order valence-electron chi connectivity index (χ4n) is 3.73. The number of hydrogen-bond acceptors (Lipinski definition) is 4. The lowest BCUT2D eigenvalue weighted by molar-refractivity contribution is -0.385. The first-order valence-corrected chi connectivity index (χ1v) is 10.7. The molecule has 0 aliphatic carbocycles. The highest BCUT2D eigenvalue weighted by molar-refractivity contribution is 7.80. The second kappa shape index (κ2) is 9.22. The van der Waals surface area contributed by atoms with Crippen molar-refractivity contribution in [1.82, 2.24) is 10.6 Å². The van der Waals surface area contributed by atoms with Crippen LogP contribution in [0.5, 0.6) is 0 Å². The maximum atomic E-state index is 13.6. The molecule has 0 saturated carbocycles. The lowest BCUT2D eigenvalue weighted by atomic mass is 9.91. The van der Waals surface area contributed by atoms with Gasteiger partial charge in [0.25, 0.3) is 11.6 Å². The molecular weight excluding hydrogens is 436 g/mol. The highest BCUT2D eigenvalue weighted by Crippen LogP contribution is 2.34. The van der Waals surface area contributed by atoms with Crippen LogP contribution >= 0.6 is 12.2 Å². The number of nitro groups is 1. The summed E-state index contributed by atoms with van der Waals surface area (Å²) in [5.74, 6) is -0.339. The summed E-state index contributed by atoms with van der Waals surface area (Å²) < 4.78 is 0. The Kier molecular flexibility index (Phi) is 6.19. The number of nitro benzene ring substituents is 1. The molecule has 3 aromatic rings. The first-order chi connectivity index (χ1) is 15.8. The van der Waals surface area contributed by atoms with E-state index in [9.17, 15) is 14.9 Å². The number of benzene rings is 3. The SMILES string of the molecule is Cc1ccc(NC(=O)C2=C(c3ccccc3)NC(=S)N[C@@H]2c2ccc(C)c([N+](=O)[O-])c2)cc1. The Balaban J connectivity index is 1.86. The fourth-order valence-corrected chi connectivity index (χ4v) is 3.95. The van der Waals surface area contributed by atoms with E-state index in [2.05, 4.69) is 16.0 Å². The molecule has 0 radical (unpaired) electrons. The molecule has 4 rings (SSSR count). The van der Waals surface area contributed by atoms with E-state index in [1.807, 2.05) is 61.5 Å². The van der Waals surface area contributed by atoms with Gasteiger partial charge in [0.1, 0.15) is 0 Å². The van der Waals surface area contributed by atoms with E-state index < -0.39 is 11.0 Å². The Bertz CT molecular complexity index is 1270. The van der Waals surface area contributed by atoms with E-state index in [0.29, 0.717) is 33.2 Å². The van der Waals surface area contributed by atoms with Gasteiger partial charge in [-0.25, -0.2) is 0 Å². The summed E-state index contributed by atoms with van der Waals surface area (Å²) in [4.78, 5) is 24.7. The zero-order chi connectivity index (χ0) is 23.5. The van der Waals surface area contributed by atoms with E-state index in [0.717, 1.165) is 11.1 Å². The smallest absolute Gasteiger partial charge is 0.272 e. The van der Waals surface area contributed by atoms with Crippen molar-refractivity contribution < 1.29 is 9.72 Å². The van der Waals surface area contributed by atoms with Crippen LogP contribution in [0.2, 0.25) is 0 Å². The second-order valence-electron chi connectivity index (χ2n) is 7.81. The van der Waals surface area contributed by atoms with Crippen molar-refractivity contribution in [2.75, 3.05) is 5.32 Å². The summed E-state index contributed by atoms with van der Waals surface area (Å²) in [6.07, 6.45) is 0. The minimum atomic E-state index is -0.682. The van der Waals surface area contributed by atoms with Gasteiger partial charge in [-0.05, 0) is 49.3 Å². The van der Waals surface area contributed by atoms with Gasteiger partial charge in [-0.2, -0.15) is 0 Å². The molecule has 1 amide bonds. The standard InChI is InChI=1S/C25H22N4O3S/c1-15-8-12-19(13-9-15)26-24(30)21-22(17-6-4-3-5-7-17)27-25(33)28-23(21)18-11-10-16(2)20(14-18)29(31)32/h3-14,23H,1-2H3,(H,26,30)(H2,27,28,33)/t23-/m1/s1. The Labute approximate surface area is 196 Å². The predicted molar refractivity (Wildman–Crippen MR) is 133 cm³/mol. The van der Waals surface area contributed by atoms with E-state index in [-0.39, 0.29) is 11.6 Å². The predicted octanol–water partition coefficient (Wildman–Crippen LogP) is 4.78. The Morgan fingerprint density at radius 3 is 2.39 bits per heavy atom. The van der Waals surface area contributed by atoms with Crippen LogP contribution in [0, 0.1) is 24.0 Å². The summed E-state index contributed by atoms with van der Waals surface area (Å²) in [6, 6.07) is 21.1. The molecule has 3 aromatic carbocycles. The Morgan fingerprint density at radius 1 is 1.03 bits per heavy atom. The van der Waals surface area contributed by atoms with E-state index in [1.165, 1.54) is 6.07 Å². The summed E-state index contributed by atoms with van der Waals surface area (Å²) in [5.41, 5.74) is 4.53. The summed E-state index contributed by atoms with van der Waals surface area (Å²) in [7, 11) is 0. The minimum absolute atomic E-state index is 0.0155. The molecule has 8 heteroatoms. The lowest BCUT2D eigenvalue weighted by Gasteiger charge is -2.31. The van der Waals surface area contributed by atoms with Crippen LogP contribution in [0.25, 0.3) is 5.70 Å². The van der Waals surface area contributed by atoms with Gasteiger partial charge in [-0.1, -0.05) is 60.2 Å². The van der Waals surface area contributed by atoms with Crippen LogP contribution in [0.3, 0.4) is 0 Å². The fraction of sp³-hybridized carbons (Fsp3) is 0.120. The average molecular weight is 459 g/mol. The number of carbonyl (C=O) groups excluding carboxylic acids is 1. The molecule has 166 valence electrons. The summed E-state index contributed by atoms with van der Waals surface area (Å²) in [6.45, 7) is 3.65. The number of nitrogens with one attached hydrogen (secondary N) is 3. The van der Waals surface area contributed by atoms with Crippen molar-refractivity contribution in [2.24, 2.45) is 0 Å². The number of carbonyl (C=O) groups is 1. The molecule has 0 saturated heterocycles. The van der Waals surface area contributed by atoms with Crippen molar-refractivity contribution in [3.8, 4) is 0 Å². The second-order valence-corrected chi connectivity index (χ2v) is 8.22. The monoisotopic (exact) mass is 458 g/mol. The first-order valence-electron chi connectivity index (χ1n) is 10.3. The Hall–Kier alpha value is -4.04. The van der Waals surface area contributed by atoms with Crippen LogP contribution in [0.4, 0.5) is 11.4 Å². The molecule has 0 spiro atoms. The quantitative estimate of drug-likeness (QED) is 0.289. The zero-order valence-electron chi connectivity index (χ0n) is 18.1. The normalized spacial score (nSPS) is 15.5. The van der Waals surface area contributed by atoms with Gasteiger partial charge in [-0.15, -0.1) is 0 Å². The van der Waals surface area contributed by atoms with Crippen LogP contribution < -0.4 is 16.0 Å². The van der Waals surface area contributed by atoms with Gasteiger partial charge < -0.3 is 16.0 Å². The number of anilines is 1. The van der Waals surface area contributed by atoms with Crippen molar-refractivity contribution >= 4 is 40.3 Å². The highest BCUT2D eigenvalue weighted by atomic mass is 32.1. The number of aryl methyl sites for hydroxylation is 2. The average Bonchev–Trinajstić information content (AvgIpc) is 2.80. The summed E-state index contributed by atoms with van der Waals surface area (Å²) in [5, 5.41) is 21.1. The largest absolute Gasteiger partial charge is 0.351 e. The molecule has 7 nitrogen and oxygen atoms in total. The van der Waals surface area contributed by atoms with Gasteiger partial charge in [0.15, 0.2) is 5.11 Å². The third-order valence-corrected chi connectivity index (χ3v) is 5.67. The van der Waals surface area contributed by atoms with Gasteiger partial charge in [0.2, 0.25) is 0 Å². The minimum Gasteiger partial charge on any atom is -0.351 e. The van der Waals surface area contributed by atoms with Gasteiger partial charge in [0, 0.05) is 17.3 Å². The molecule has 0 bridgehead atoms. The third-order valence-electron chi connectivity index (χ3n) is 5.45. The van der Waals surface area contributed by atoms with Gasteiger partial charge in [0.05, 0.1) is 22.2 Å². The van der Waals surface area contributed by atoms with Gasteiger partial charge in [-0.3, -0.25) is 14.9 Å². The van der Waals surface area contributed by atoms with E-state index in [1.54, 1.807) is 19.1 Å². The zero-order valence-corrected chi connectivity index (χ0v) is 18.9. The first kappa shape index (κ1) is 22.2. The Morgan fingerprint density at radius 2 is 1.73 bits per heavy atom. The molecule has 33 heavy (non-hydrogen) atoms. The molecule has 1 aliphatic heterocycles. The number of rotatable bonds is 5. The van der Waals surface area contributed by atoms with E-state index >= 15 is 0 Å². The molecule has 1 heterocycles. The molecule has 1 aliphatic rings. The molecule has 0 unspecified atom stereocenters. The maximum absolute atomic E-state index is 13.6. The number of hydrogen-bond donors (Lipinski definition) is 3. The number of amides is 1. The molecule has 0 aromatic heterocycles. The molecule has 0 fully saturated rings. The van der Waals surface area contributed by atoms with Crippen molar-refractivity contribution in [3.05, 3.63) is 111 Å². The van der Waals surface area contributed by atoms with Gasteiger partial charge >= 0.3 is 0 Å². The molecule has 1 atom stereocenters. The number of thiocarbonyl (C=S) groups is 1. The van der Waals surface area contributed by atoms with E-state index in [4.69, 9.17) is 12.2 Å². The maximum Gasteiger partial charge on any atom is 0.272 e. The van der Waals surface area contributed by atoms with Crippen molar-refractivity contribution in [1.29, 1.82) is 0 Å². The van der Waals surface area contributed by atoms with Crippen LogP contribution in [-0.2, 0) is 4.79 Å².